The van der Waals surface area contributed by atoms with Crippen molar-refractivity contribution < 1.29 is 4.79 Å². The van der Waals surface area contributed by atoms with Crippen molar-refractivity contribution in [1.82, 2.24) is 15.2 Å². The fourth-order valence-corrected chi connectivity index (χ4v) is 2.20. The van der Waals surface area contributed by atoms with Crippen molar-refractivity contribution in [2.45, 2.75) is 25.9 Å². The number of nitrogens with one attached hydrogen (secondary N) is 1. The smallest absolute Gasteiger partial charge is 0.221 e. The van der Waals surface area contributed by atoms with E-state index in [4.69, 9.17) is 5.73 Å². The van der Waals surface area contributed by atoms with E-state index in [9.17, 15) is 4.79 Å². The van der Waals surface area contributed by atoms with E-state index in [1.165, 1.54) is 0 Å². The Hall–Kier alpha value is -0.980. The second-order valence-corrected chi connectivity index (χ2v) is 5.10. The van der Waals surface area contributed by atoms with Crippen LogP contribution in [-0.2, 0) is 11.3 Å². The summed E-state index contributed by atoms with van der Waals surface area (Å²) >= 11 is 1.64. The molecule has 17 heavy (non-hydrogen) atoms. The third-order valence-corrected chi connectivity index (χ3v) is 3.50. The van der Waals surface area contributed by atoms with Crippen molar-refractivity contribution in [2.24, 2.45) is 5.73 Å². The molecule has 1 atom stereocenters. The van der Waals surface area contributed by atoms with Crippen LogP contribution >= 0.6 is 11.3 Å². The molecular weight excluding hydrogens is 236 g/mol. The Kier molecular flexibility index (Phi) is 5.54. The average Bonchev–Trinajstić information content (AvgIpc) is 2.70. The van der Waals surface area contributed by atoms with Gasteiger partial charge in [-0.1, -0.05) is 0 Å². The number of carbonyl (C=O) groups excluding carboxylic acids is 1. The molecule has 0 aliphatic carbocycles. The molecule has 1 aromatic heterocycles. The minimum Gasteiger partial charge on any atom is -0.359 e. The lowest BCUT2D eigenvalue weighted by Gasteiger charge is -2.25. The predicted molar refractivity (Wildman–Crippen MR) is 69.8 cm³/mol. The zero-order valence-electron chi connectivity index (χ0n) is 10.6. The summed E-state index contributed by atoms with van der Waals surface area (Å²) < 4.78 is 0. The summed E-state index contributed by atoms with van der Waals surface area (Å²) in [6.45, 7) is 3.18. The molecule has 3 N–H and O–H groups in total. The van der Waals surface area contributed by atoms with Crippen LogP contribution in [0.5, 0.6) is 0 Å². The third kappa shape index (κ3) is 4.41. The van der Waals surface area contributed by atoms with Crippen molar-refractivity contribution in [1.29, 1.82) is 0 Å². The molecule has 0 aromatic carbocycles. The Morgan fingerprint density at radius 1 is 1.71 bits per heavy atom. The van der Waals surface area contributed by atoms with E-state index in [0.717, 1.165) is 17.2 Å². The molecule has 0 fully saturated rings. The molecule has 0 spiro atoms. The highest BCUT2D eigenvalue weighted by atomic mass is 32.1. The molecule has 1 amide bonds. The van der Waals surface area contributed by atoms with Crippen molar-refractivity contribution in [2.75, 3.05) is 20.6 Å². The van der Waals surface area contributed by atoms with E-state index in [-0.39, 0.29) is 11.9 Å². The van der Waals surface area contributed by atoms with Crippen LogP contribution in [0.2, 0.25) is 0 Å². The van der Waals surface area contributed by atoms with Crippen LogP contribution in [-0.4, -0.2) is 42.5 Å². The average molecular weight is 256 g/mol. The minimum atomic E-state index is 0.0155. The SMILES string of the molecule is CNC(=O)CC(CN)N(C)Cc1csc(C)n1. The second-order valence-electron chi connectivity index (χ2n) is 4.04. The van der Waals surface area contributed by atoms with E-state index in [2.05, 4.69) is 15.2 Å². The number of rotatable bonds is 6. The Morgan fingerprint density at radius 2 is 2.41 bits per heavy atom. The summed E-state index contributed by atoms with van der Waals surface area (Å²) in [4.78, 5) is 17.8. The summed E-state index contributed by atoms with van der Waals surface area (Å²) in [6.07, 6.45) is 0.423. The van der Waals surface area contributed by atoms with E-state index in [0.29, 0.717) is 13.0 Å². The molecule has 1 heterocycles. The quantitative estimate of drug-likeness (QED) is 0.770. The first-order valence-corrected chi connectivity index (χ1v) is 6.46. The van der Waals surface area contributed by atoms with Gasteiger partial charge in [-0.3, -0.25) is 9.69 Å². The van der Waals surface area contributed by atoms with Gasteiger partial charge in [0.1, 0.15) is 0 Å². The molecule has 1 rings (SSSR count). The number of hydrogen-bond acceptors (Lipinski definition) is 5. The van der Waals surface area contributed by atoms with Gasteiger partial charge in [-0.15, -0.1) is 11.3 Å². The molecular formula is C11H20N4OS. The number of nitrogens with two attached hydrogens (primary N) is 1. The van der Waals surface area contributed by atoms with Gasteiger partial charge in [0.2, 0.25) is 5.91 Å². The van der Waals surface area contributed by atoms with Gasteiger partial charge in [0.25, 0.3) is 0 Å². The van der Waals surface area contributed by atoms with Gasteiger partial charge in [-0.25, -0.2) is 4.98 Å². The first kappa shape index (κ1) is 14.1. The molecule has 5 nitrogen and oxygen atoms in total. The summed E-state index contributed by atoms with van der Waals surface area (Å²) in [5.41, 5.74) is 6.73. The second kappa shape index (κ2) is 6.68. The first-order chi connectivity index (χ1) is 8.06. The number of nitrogens with zero attached hydrogens (tertiary/aromatic N) is 2. The topological polar surface area (TPSA) is 71.2 Å². The van der Waals surface area contributed by atoms with Crippen molar-refractivity contribution in [3.63, 3.8) is 0 Å². The van der Waals surface area contributed by atoms with Crippen LogP contribution < -0.4 is 11.1 Å². The van der Waals surface area contributed by atoms with Crippen LogP contribution in [0.25, 0.3) is 0 Å². The third-order valence-electron chi connectivity index (χ3n) is 2.67. The number of hydrogen-bond donors (Lipinski definition) is 2. The summed E-state index contributed by atoms with van der Waals surface area (Å²) in [7, 11) is 3.61. The van der Waals surface area contributed by atoms with Crippen molar-refractivity contribution in [3.8, 4) is 0 Å². The lowest BCUT2D eigenvalue weighted by Crippen LogP contribution is -2.41. The van der Waals surface area contributed by atoms with Crippen LogP contribution in [0.4, 0.5) is 0 Å². The van der Waals surface area contributed by atoms with Gasteiger partial charge in [0.15, 0.2) is 0 Å². The zero-order valence-corrected chi connectivity index (χ0v) is 11.4. The van der Waals surface area contributed by atoms with Crippen molar-refractivity contribution >= 4 is 17.2 Å². The first-order valence-electron chi connectivity index (χ1n) is 5.58. The molecule has 1 unspecified atom stereocenters. The van der Waals surface area contributed by atoms with Crippen LogP contribution in [0.3, 0.4) is 0 Å². The molecule has 0 radical (unpaired) electrons. The molecule has 1 aromatic rings. The van der Waals surface area contributed by atoms with Gasteiger partial charge in [0.05, 0.1) is 10.7 Å². The largest absolute Gasteiger partial charge is 0.359 e. The van der Waals surface area contributed by atoms with Gasteiger partial charge < -0.3 is 11.1 Å². The number of aryl methyl sites for hydroxylation is 1. The fraction of sp³-hybridized carbons (Fsp3) is 0.636. The van der Waals surface area contributed by atoms with E-state index >= 15 is 0 Å². The van der Waals surface area contributed by atoms with Gasteiger partial charge in [0, 0.05) is 38.0 Å². The Bertz CT molecular complexity index is 366. The van der Waals surface area contributed by atoms with Gasteiger partial charge in [-0.05, 0) is 14.0 Å². The van der Waals surface area contributed by atoms with E-state index in [1.54, 1.807) is 18.4 Å². The lowest BCUT2D eigenvalue weighted by molar-refractivity contribution is -0.121. The number of amides is 1. The highest BCUT2D eigenvalue weighted by molar-refractivity contribution is 7.09. The van der Waals surface area contributed by atoms with E-state index < -0.39 is 0 Å². The Labute approximate surface area is 106 Å². The maximum absolute atomic E-state index is 11.3. The molecule has 0 aliphatic heterocycles. The Morgan fingerprint density at radius 3 is 2.88 bits per heavy atom. The number of thiazole rings is 1. The highest BCUT2D eigenvalue weighted by Gasteiger charge is 2.17. The zero-order chi connectivity index (χ0) is 12.8. The summed E-state index contributed by atoms with van der Waals surface area (Å²) in [5, 5.41) is 5.72. The number of likely N-dealkylation sites (N-methyl/N-ethyl adjacent to an activating group) is 1. The predicted octanol–water partition coefficient (Wildman–Crippen LogP) is 0.347. The Balaban J connectivity index is 2.54. The molecule has 96 valence electrons. The monoisotopic (exact) mass is 256 g/mol. The molecule has 0 saturated heterocycles. The maximum atomic E-state index is 11.3. The van der Waals surface area contributed by atoms with Gasteiger partial charge >= 0.3 is 0 Å². The fourth-order valence-electron chi connectivity index (χ4n) is 1.60. The summed E-state index contributed by atoms with van der Waals surface area (Å²) in [5.74, 6) is 0.0155. The minimum absolute atomic E-state index is 0.0155. The van der Waals surface area contributed by atoms with Crippen LogP contribution in [0, 0.1) is 6.92 Å². The van der Waals surface area contributed by atoms with Crippen LogP contribution in [0.1, 0.15) is 17.1 Å². The van der Waals surface area contributed by atoms with Crippen LogP contribution in [0.15, 0.2) is 5.38 Å². The molecule has 6 heteroatoms. The normalized spacial score (nSPS) is 12.8. The lowest BCUT2D eigenvalue weighted by atomic mass is 10.1. The van der Waals surface area contributed by atoms with E-state index in [1.807, 2.05) is 19.4 Å². The summed E-state index contributed by atoms with van der Waals surface area (Å²) in [6, 6.07) is 0.0527. The number of aromatic nitrogens is 1. The standard InChI is InChI=1S/C11H20N4OS/c1-8-14-9(7-17-8)6-15(3)10(5-12)4-11(16)13-2/h7,10H,4-6,12H2,1-3H3,(H,13,16). The highest BCUT2D eigenvalue weighted by Crippen LogP contribution is 2.12. The molecule has 0 aliphatic rings. The maximum Gasteiger partial charge on any atom is 0.221 e. The van der Waals surface area contributed by atoms with Gasteiger partial charge in [-0.2, -0.15) is 0 Å². The van der Waals surface area contributed by atoms with Crippen molar-refractivity contribution in [3.05, 3.63) is 16.1 Å². The number of carbonyl (C=O) groups is 1. The molecule has 0 bridgehead atoms. The molecule has 0 saturated carbocycles.